The zero-order chi connectivity index (χ0) is 21.3. The molecule has 4 rings (SSSR count). The first-order chi connectivity index (χ1) is 14.5. The second-order valence-corrected chi connectivity index (χ2v) is 7.46. The number of hydrogen-bond donors (Lipinski definition) is 1. The molecule has 2 heterocycles. The molecule has 0 radical (unpaired) electrons. The number of carbonyl (C=O) groups is 1. The summed E-state index contributed by atoms with van der Waals surface area (Å²) in [6.45, 7) is 2.05. The number of anilines is 1. The minimum Gasteiger partial charge on any atom is -0.489 e. The number of allylic oxidation sites excluding steroid dienone is 1. The molecule has 1 unspecified atom stereocenters. The molecule has 1 aromatic heterocycles. The third kappa shape index (κ3) is 3.74. The van der Waals surface area contributed by atoms with Gasteiger partial charge in [0.25, 0.3) is 0 Å². The van der Waals surface area contributed by atoms with Crippen molar-refractivity contribution in [3.8, 4) is 5.75 Å². The minimum absolute atomic E-state index is 0.241. The summed E-state index contributed by atoms with van der Waals surface area (Å²) in [6.07, 6.45) is 1.44. The smallest absolute Gasteiger partial charge is 0.338 e. The van der Waals surface area contributed by atoms with Gasteiger partial charge in [-0.1, -0.05) is 41.4 Å². The third-order valence-electron chi connectivity index (χ3n) is 4.84. The van der Waals surface area contributed by atoms with Crippen LogP contribution in [0.25, 0.3) is 0 Å². The number of nitrogens with one attached hydrogen (secondary N) is 1. The van der Waals surface area contributed by atoms with Gasteiger partial charge in [0.2, 0.25) is 5.95 Å². The van der Waals surface area contributed by atoms with Gasteiger partial charge in [0.05, 0.1) is 12.7 Å². The van der Waals surface area contributed by atoms with E-state index in [1.54, 1.807) is 22.9 Å². The number of benzene rings is 2. The fourth-order valence-electron chi connectivity index (χ4n) is 3.35. The lowest BCUT2D eigenvalue weighted by Gasteiger charge is -2.28. The Labute approximate surface area is 183 Å². The highest BCUT2D eigenvalue weighted by Crippen LogP contribution is 2.35. The molecule has 0 bridgehead atoms. The Morgan fingerprint density at radius 1 is 1.17 bits per heavy atom. The summed E-state index contributed by atoms with van der Waals surface area (Å²) in [5.74, 6) is 0.765. The summed E-state index contributed by atoms with van der Waals surface area (Å²) in [5, 5.41) is 8.46. The topological polar surface area (TPSA) is 78.3 Å². The number of aromatic nitrogens is 3. The second-order valence-electron chi connectivity index (χ2n) is 6.64. The molecular weight excluding hydrogens is 427 g/mol. The van der Waals surface area contributed by atoms with Crippen molar-refractivity contribution < 1.29 is 14.3 Å². The average molecular weight is 445 g/mol. The number of hydrogen-bond acceptors (Lipinski definition) is 6. The van der Waals surface area contributed by atoms with Crippen molar-refractivity contribution in [2.45, 2.75) is 19.6 Å². The van der Waals surface area contributed by atoms with Crippen molar-refractivity contribution in [2.24, 2.45) is 0 Å². The van der Waals surface area contributed by atoms with Gasteiger partial charge in [0, 0.05) is 21.3 Å². The normalized spacial score (nSPS) is 15.4. The minimum atomic E-state index is -0.469. The summed E-state index contributed by atoms with van der Waals surface area (Å²) >= 11 is 12.4. The average Bonchev–Trinajstić information content (AvgIpc) is 3.20. The number of carbonyl (C=O) groups excluding carboxylic acids is 1. The van der Waals surface area contributed by atoms with E-state index in [0.29, 0.717) is 33.0 Å². The van der Waals surface area contributed by atoms with Crippen molar-refractivity contribution >= 4 is 35.1 Å². The van der Waals surface area contributed by atoms with Crippen molar-refractivity contribution in [2.75, 3.05) is 12.4 Å². The highest BCUT2D eigenvalue weighted by Gasteiger charge is 2.33. The van der Waals surface area contributed by atoms with E-state index in [-0.39, 0.29) is 6.61 Å². The molecule has 154 valence electrons. The van der Waals surface area contributed by atoms with E-state index in [9.17, 15) is 4.79 Å². The van der Waals surface area contributed by atoms with Crippen LogP contribution in [0.4, 0.5) is 5.95 Å². The molecule has 0 aliphatic carbocycles. The highest BCUT2D eigenvalue weighted by atomic mass is 35.5. The van der Waals surface area contributed by atoms with Gasteiger partial charge in [-0.05, 0) is 36.8 Å². The quantitative estimate of drug-likeness (QED) is 0.578. The fourth-order valence-corrected chi connectivity index (χ4v) is 3.85. The van der Waals surface area contributed by atoms with Gasteiger partial charge in [0.15, 0.2) is 0 Å². The number of methoxy groups -OCH3 is 1. The molecule has 1 atom stereocenters. The summed E-state index contributed by atoms with van der Waals surface area (Å²) in [6, 6.07) is 12.3. The lowest BCUT2D eigenvalue weighted by Crippen LogP contribution is -2.29. The van der Waals surface area contributed by atoms with Gasteiger partial charge in [-0.3, -0.25) is 0 Å². The highest BCUT2D eigenvalue weighted by molar-refractivity contribution is 6.35. The summed E-state index contributed by atoms with van der Waals surface area (Å²) in [4.78, 5) is 16.7. The van der Waals surface area contributed by atoms with Crippen LogP contribution in [0.1, 0.15) is 24.1 Å². The second kappa shape index (κ2) is 8.38. The number of nitrogens with zero attached hydrogens (tertiary/aromatic N) is 3. The van der Waals surface area contributed by atoms with E-state index in [0.717, 1.165) is 11.1 Å². The molecule has 2 aromatic carbocycles. The molecule has 0 spiro atoms. The van der Waals surface area contributed by atoms with Crippen LogP contribution in [-0.4, -0.2) is 27.8 Å². The van der Waals surface area contributed by atoms with Crippen molar-refractivity contribution in [1.82, 2.24) is 14.8 Å². The zero-order valence-corrected chi connectivity index (χ0v) is 17.7. The molecule has 30 heavy (non-hydrogen) atoms. The van der Waals surface area contributed by atoms with Crippen LogP contribution in [0.3, 0.4) is 0 Å². The first-order valence-electron chi connectivity index (χ1n) is 9.11. The number of halogens is 2. The zero-order valence-electron chi connectivity index (χ0n) is 16.2. The van der Waals surface area contributed by atoms with Crippen molar-refractivity contribution in [3.05, 3.63) is 81.2 Å². The van der Waals surface area contributed by atoms with Crippen LogP contribution < -0.4 is 10.1 Å². The summed E-state index contributed by atoms with van der Waals surface area (Å²) < 4.78 is 12.5. The van der Waals surface area contributed by atoms with Crippen molar-refractivity contribution in [1.29, 1.82) is 0 Å². The molecule has 7 nitrogen and oxygen atoms in total. The first kappa shape index (κ1) is 20.3. The fraction of sp³-hybridized carbons (Fsp3) is 0.190. The van der Waals surface area contributed by atoms with E-state index in [4.69, 9.17) is 32.7 Å². The number of rotatable bonds is 5. The third-order valence-corrected chi connectivity index (χ3v) is 5.55. The largest absolute Gasteiger partial charge is 0.489 e. The lowest BCUT2D eigenvalue weighted by molar-refractivity contribution is -0.136. The Hall–Kier alpha value is -3.03. The van der Waals surface area contributed by atoms with Gasteiger partial charge < -0.3 is 14.8 Å². The van der Waals surface area contributed by atoms with Crippen LogP contribution in [0.15, 0.2) is 60.1 Å². The van der Waals surface area contributed by atoms with Gasteiger partial charge >= 0.3 is 5.97 Å². The Balaban J connectivity index is 1.61. The van der Waals surface area contributed by atoms with Crippen LogP contribution in [0.5, 0.6) is 5.75 Å². The lowest BCUT2D eigenvalue weighted by atomic mass is 9.96. The first-order valence-corrected chi connectivity index (χ1v) is 9.86. The van der Waals surface area contributed by atoms with E-state index < -0.39 is 12.0 Å². The summed E-state index contributed by atoms with van der Waals surface area (Å²) in [7, 11) is 1.35. The van der Waals surface area contributed by atoms with E-state index in [2.05, 4.69) is 15.4 Å². The molecule has 3 aromatic rings. The molecule has 9 heteroatoms. The van der Waals surface area contributed by atoms with Gasteiger partial charge in [0.1, 0.15) is 24.7 Å². The van der Waals surface area contributed by atoms with Crippen LogP contribution in [0.2, 0.25) is 10.0 Å². The maximum Gasteiger partial charge on any atom is 0.338 e. The molecule has 1 aliphatic heterocycles. The van der Waals surface area contributed by atoms with E-state index >= 15 is 0 Å². The van der Waals surface area contributed by atoms with Gasteiger partial charge in [-0.25, -0.2) is 9.48 Å². The van der Waals surface area contributed by atoms with Crippen LogP contribution >= 0.6 is 23.2 Å². The maximum atomic E-state index is 12.5. The monoisotopic (exact) mass is 444 g/mol. The Bertz CT molecular complexity index is 1110. The standard InChI is InChI=1S/C21H18Cl2N4O3/c1-12-18(20(28)29-2)19(27-21(26-12)24-11-25-27)13-6-8-14(9-7-13)30-10-15-16(22)4-3-5-17(15)23/h3-9,11,19H,10H2,1-2H3,(H,24,25,26). The number of ether oxygens (including phenoxy) is 2. The molecule has 0 saturated carbocycles. The van der Waals surface area contributed by atoms with Crippen molar-refractivity contribution in [3.63, 3.8) is 0 Å². The van der Waals surface area contributed by atoms with Crippen LogP contribution in [-0.2, 0) is 16.1 Å². The SMILES string of the molecule is COC(=O)C1=C(C)Nc2ncnn2C1c1ccc(OCc2c(Cl)cccc2Cl)cc1. The molecule has 0 saturated heterocycles. The number of fused-ring (bicyclic) bond motifs is 1. The predicted molar refractivity (Wildman–Crippen MR) is 114 cm³/mol. The molecule has 0 amide bonds. The maximum absolute atomic E-state index is 12.5. The van der Waals surface area contributed by atoms with E-state index in [1.807, 2.05) is 31.2 Å². The van der Waals surface area contributed by atoms with Gasteiger partial charge in [-0.2, -0.15) is 10.1 Å². The Morgan fingerprint density at radius 3 is 2.53 bits per heavy atom. The Kier molecular flexibility index (Phi) is 5.65. The molecular formula is C21H18Cl2N4O3. The Morgan fingerprint density at radius 2 is 1.87 bits per heavy atom. The molecule has 0 fully saturated rings. The van der Waals surface area contributed by atoms with Gasteiger partial charge in [-0.15, -0.1) is 0 Å². The molecule has 1 aliphatic rings. The van der Waals surface area contributed by atoms with Crippen LogP contribution in [0, 0.1) is 0 Å². The summed E-state index contributed by atoms with van der Waals surface area (Å²) in [5.41, 5.74) is 2.70. The predicted octanol–water partition coefficient (Wildman–Crippen LogP) is 4.63. The molecule has 1 N–H and O–H groups in total. The number of esters is 1. The van der Waals surface area contributed by atoms with E-state index in [1.165, 1.54) is 13.4 Å².